The summed E-state index contributed by atoms with van der Waals surface area (Å²) in [5, 5.41) is 7.96. The summed E-state index contributed by atoms with van der Waals surface area (Å²) < 4.78 is 1.98. The van der Waals surface area contributed by atoms with E-state index in [0.717, 1.165) is 11.6 Å². The Bertz CT molecular complexity index is 811. The van der Waals surface area contributed by atoms with Crippen LogP contribution in [0.5, 0.6) is 0 Å². The molecule has 144 valence electrons. The second kappa shape index (κ2) is 7.49. The maximum Gasteiger partial charge on any atom is 0.222 e. The fourth-order valence-electron chi connectivity index (χ4n) is 5.26. The van der Waals surface area contributed by atoms with Crippen LogP contribution in [0.1, 0.15) is 60.5 Å². The Labute approximate surface area is 162 Å². The van der Waals surface area contributed by atoms with Gasteiger partial charge in [0, 0.05) is 30.6 Å². The van der Waals surface area contributed by atoms with E-state index < -0.39 is 0 Å². The van der Waals surface area contributed by atoms with E-state index in [1.54, 1.807) is 0 Å². The molecule has 2 saturated carbocycles. The third-order valence-electron chi connectivity index (χ3n) is 6.99. The first-order valence-corrected chi connectivity index (χ1v) is 10.4. The Kier molecular flexibility index (Phi) is 5.07. The van der Waals surface area contributed by atoms with Crippen molar-refractivity contribution in [2.24, 2.45) is 11.8 Å². The van der Waals surface area contributed by atoms with Crippen LogP contribution in [-0.2, 0) is 11.3 Å². The molecular weight excluding hydrogens is 334 g/mol. The van der Waals surface area contributed by atoms with E-state index in [0.29, 0.717) is 30.8 Å². The van der Waals surface area contributed by atoms with Gasteiger partial charge in [0.2, 0.25) is 5.91 Å². The fourth-order valence-corrected chi connectivity index (χ4v) is 5.26. The monoisotopic (exact) mass is 365 g/mol. The largest absolute Gasteiger partial charge is 0.352 e. The van der Waals surface area contributed by atoms with Crippen molar-refractivity contribution in [3.8, 4) is 0 Å². The fraction of sp³-hybridized carbons (Fsp3) is 0.565. The maximum absolute atomic E-state index is 12.7. The van der Waals surface area contributed by atoms with Crippen molar-refractivity contribution in [1.82, 2.24) is 15.1 Å². The summed E-state index contributed by atoms with van der Waals surface area (Å²) in [5.41, 5.74) is 4.84. The summed E-state index contributed by atoms with van der Waals surface area (Å²) in [5.74, 6) is 2.04. The van der Waals surface area contributed by atoms with Crippen LogP contribution in [0.4, 0.5) is 0 Å². The van der Waals surface area contributed by atoms with Crippen molar-refractivity contribution in [2.75, 3.05) is 0 Å². The summed E-state index contributed by atoms with van der Waals surface area (Å²) in [6, 6.07) is 11.1. The van der Waals surface area contributed by atoms with Crippen molar-refractivity contribution in [2.45, 2.75) is 71.4 Å². The minimum atomic E-state index is 0.162. The lowest BCUT2D eigenvalue weighted by Crippen LogP contribution is -2.59. The molecule has 0 radical (unpaired) electrons. The molecule has 27 heavy (non-hydrogen) atoms. The predicted molar refractivity (Wildman–Crippen MR) is 108 cm³/mol. The van der Waals surface area contributed by atoms with Gasteiger partial charge in [0.15, 0.2) is 0 Å². The number of fused-ring (bicyclic) bond motifs is 1. The highest BCUT2D eigenvalue weighted by molar-refractivity contribution is 5.76. The number of aromatic nitrogens is 2. The number of nitrogens with zero attached hydrogens (tertiary/aromatic N) is 2. The number of hydrogen-bond acceptors (Lipinski definition) is 2. The average Bonchev–Trinajstić information content (AvgIpc) is 2.92. The number of amides is 1. The van der Waals surface area contributed by atoms with Crippen molar-refractivity contribution >= 4 is 5.91 Å². The van der Waals surface area contributed by atoms with Crippen LogP contribution in [-0.4, -0.2) is 21.7 Å². The third kappa shape index (κ3) is 3.42. The number of rotatable bonds is 5. The molecule has 0 saturated heterocycles. The maximum atomic E-state index is 12.7. The van der Waals surface area contributed by atoms with Gasteiger partial charge in [-0.15, -0.1) is 0 Å². The van der Waals surface area contributed by atoms with Gasteiger partial charge in [-0.2, -0.15) is 5.10 Å². The Balaban J connectivity index is 1.42. The number of carbonyl (C=O) groups is 1. The molecule has 2 fully saturated rings. The number of hydrogen-bond donors (Lipinski definition) is 1. The molecule has 0 unspecified atom stereocenters. The van der Waals surface area contributed by atoms with Crippen LogP contribution in [0, 0.1) is 32.6 Å². The summed E-state index contributed by atoms with van der Waals surface area (Å²) in [6.45, 7) is 6.86. The highest BCUT2D eigenvalue weighted by Gasteiger charge is 2.51. The Hall–Kier alpha value is -2.10. The van der Waals surface area contributed by atoms with Gasteiger partial charge in [0.25, 0.3) is 0 Å². The highest BCUT2D eigenvalue weighted by Crippen LogP contribution is 2.54. The van der Waals surface area contributed by atoms with Crippen LogP contribution >= 0.6 is 0 Å². The zero-order valence-electron chi connectivity index (χ0n) is 16.7. The molecule has 4 nitrogen and oxygen atoms in total. The first kappa shape index (κ1) is 18.3. The number of benzene rings is 1. The van der Waals surface area contributed by atoms with E-state index in [9.17, 15) is 4.79 Å². The molecule has 4 atom stereocenters. The standard InChI is InChI=1S/C23H31N3O/c1-15-16(2)25-26(17(15)3)14-13-21(27)24-23-20-12-8-7-11-19(20)22(23)18-9-5-4-6-10-18/h4-6,9-10,19-20,22-23H,7-8,11-14H2,1-3H3,(H,24,27)/t19-,20+,22-,23-/m0/s1. The first-order valence-electron chi connectivity index (χ1n) is 10.4. The number of nitrogens with one attached hydrogen (secondary N) is 1. The van der Waals surface area contributed by atoms with Crippen molar-refractivity contribution in [3.05, 3.63) is 52.8 Å². The summed E-state index contributed by atoms with van der Waals surface area (Å²) in [4.78, 5) is 12.7. The molecule has 1 aromatic carbocycles. The van der Waals surface area contributed by atoms with E-state index in [1.165, 1.54) is 42.5 Å². The Morgan fingerprint density at radius 2 is 1.81 bits per heavy atom. The van der Waals surface area contributed by atoms with Gasteiger partial charge in [-0.25, -0.2) is 0 Å². The van der Waals surface area contributed by atoms with Crippen molar-refractivity contribution in [1.29, 1.82) is 0 Å². The molecule has 1 heterocycles. The molecule has 1 N–H and O–H groups in total. The SMILES string of the molecule is Cc1nn(CCC(=O)N[C@H]2[C@@H]3CCCC[C@@H]3[C@@H]2c2ccccc2)c(C)c1C. The van der Waals surface area contributed by atoms with Crippen LogP contribution in [0.3, 0.4) is 0 Å². The minimum absolute atomic E-state index is 0.162. The average molecular weight is 366 g/mol. The molecule has 1 amide bonds. The topological polar surface area (TPSA) is 46.9 Å². The van der Waals surface area contributed by atoms with E-state index in [-0.39, 0.29) is 5.91 Å². The van der Waals surface area contributed by atoms with Gasteiger partial charge in [0.05, 0.1) is 5.69 Å². The quantitative estimate of drug-likeness (QED) is 0.859. The van der Waals surface area contributed by atoms with Crippen LogP contribution in [0.2, 0.25) is 0 Å². The smallest absolute Gasteiger partial charge is 0.222 e. The molecule has 4 heteroatoms. The molecule has 2 aliphatic carbocycles. The summed E-state index contributed by atoms with van der Waals surface area (Å²) in [6.07, 6.45) is 5.70. The van der Waals surface area contributed by atoms with Crippen molar-refractivity contribution < 1.29 is 4.79 Å². The van der Waals surface area contributed by atoms with E-state index in [2.05, 4.69) is 54.6 Å². The lowest BCUT2D eigenvalue weighted by atomic mass is 9.53. The van der Waals surface area contributed by atoms with Crippen LogP contribution in [0.25, 0.3) is 0 Å². The normalized spacial score (nSPS) is 26.9. The second-order valence-electron chi connectivity index (χ2n) is 8.41. The minimum Gasteiger partial charge on any atom is -0.352 e. The zero-order valence-corrected chi connectivity index (χ0v) is 16.7. The second-order valence-corrected chi connectivity index (χ2v) is 8.41. The lowest BCUT2D eigenvalue weighted by Gasteiger charge is -2.55. The van der Waals surface area contributed by atoms with Gasteiger partial charge < -0.3 is 5.32 Å². The Morgan fingerprint density at radius 3 is 2.48 bits per heavy atom. The molecule has 0 spiro atoms. The summed E-state index contributed by atoms with van der Waals surface area (Å²) >= 11 is 0. The predicted octanol–water partition coefficient (Wildman–Crippen LogP) is 4.29. The molecule has 2 aromatic rings. The molecular formula is C23H31N3O. The van der Waals surface area contributed by atoms with Gasteiger partial charge in [0.1, 0.15) is 0 Å². The van der Waals surface area contributed by atoms with Gasteiger partial charge in [-0.3, -0.25) is 9.48 Å². The molecule has 0 bridgehead atoms. The van der Waals surface area contributed by atoms with E-state index in [1.807, 2.05) is 11.6 Å². The summed E-state index contributed by atoms with van der Waals surface area (Å²) in [7, 11) is 0. The number of carbonyl (C=O) groups excluding carboxylic acids is 1. The molecule has 0 aliphatic heterocycles. The van der Waals surface area contributed by atoms with E-state index in [4.69, 9.17) is 0 Å². The van der Waals surface area contributed by atoms with Crippen molar-refractivity contribution in [3.63, 3.8) is 0 Å². The zero-order chi connectivity index (χ0) is 19.0. The van der Waals surface area contributed by atoms with Crippen LogP contribution < -0.4 is 5.32 Å². The van der Waals surface area contributed by atoms with E-state index >= 15 is 0 Å². The van der Waals surface area contributed by atoms with Gasteiger partial charge in [-0.1, -0.05) is 43.2 Å². The molecule has 2 aliphatic rings. The lowest BCUT2D eigenvalue weighted by molar-refractivity contribution is -0.125. The molecule has 1 aromatic heterocycles. The van der Waals surface area contributed by atoms with Gasteiger partial charge in [-0.05, 0) is 56.6 Å². The van der Waals surface area contributed by atoms with Gasteiger partial charge >= 0.3 is 0 Å². The number of aryl methyl sites for hydroxylation is 2. The highest BCUT2D eigenvalue weighted by atomic mass is 16.1. The van der Waals surface area contributed by atoms with Crippen LogP contribution in [0.15, 0.2) is 30.3 Å². The Morgan fingerprint density at radius 1 is 1.11 bits per heavy atom. The first-order chi connectivity index (χ1) is 13.1. The third-order valence-corrected chi connectivity index (χ3v) is 6.99. The molecule has 4 rings (SSSR count).